The van der Waals surface area contributed by atoms with E-state index in [2.05, 4.69) is 0 Å². The highest BCUT2D eigenvalue weighted by Crippen LogP contribution is 2.24. The number of benzene rings is 1. The number of nitrogens with zero attached hydrogens (tertiary/aromatic N) is 1. The monoisotopic (exact) mass is 171 g/mol. The van der Waals surface area contributed by atoms with Crippen LogP contribution in [0.3, 0.4) is 0 Å². The van der Waals surface area contributed by atoms with Crippen LogP contribution >= 0.6 is 11.6 Å². The maximum absolute atomic E-state index is 9.13. The molecule has 0 amide bonds. The van der Waals surface area contributed by atoms with Crippen molar-refractivity contribution in [2.45, 2.75) is 0 Å². The molecule has 0 spiro atoms. The van der Waals surface area contributed by atoms with Crippen molar-refractivity contribution < 1.29 is 5.11 Å². The van der Waals surface area contributed by atoms with Crippen LogP contribution < -0.4 is 4.90 Å². The second kappa shape index (κ2) is 3.01. The largest absolute Gasteiger partial charge is 0.508 e. The van der Waals surface area contributed by atoms with Gasteiger partial charge in [-0.3, -0.25) is 0 Å². The number of hydrogen-bond acceptors (Lipinski definition) is 2. The molecule has 0 aromatic heterocycles. The van der Waals surface area contributed by atoms with Crippen LogP contribution in [0.4, 0.5) is 5.69 Å². The lowest BCUT2D eigenvalue weighted by molar-refractivity contribution is 0.475. The van der Waals surface area contributed by atoms with Crippen LogP contribution in [0.25, 0.3) is 0 Å². The molecule has 0 heterocycles. The molecule has 1 aromatic rings. The smallest absolute Gasteiger partial charge is 0.119 e. The number of halogens is 1. The maximum Gasteiger partial charge on any atom is 0.119 e. The van der Waals surface area contributed by atoms with Gasteiger partial charge in [0.25, 0.3) is 0 Å². The van der Waals surface area contributed by atoms with E-state index in [0.717, 1.165) is 5.69 Å². The first kappa shape index (κ1) is 8.21. The molecule has 1 rings (SSSR count). The summed E-state index contributed by atoms with van der Waals surface area (Å²) in [6.07, 6.45) is 0. The van der Waals surface area contributed by atoms with Crippen LogP contribution in [0, 0.1) is 0 Å². The van der Waals surface area contributed by atoms with Crippen molar-refractivity contribution in [1.29, 1.82) is 0 Å². The molecular formula is C8H10ClNO. The van der Waals surface area contributed by atoms with Gasteiger partial charge in [-0.05, 0) is 12.1 Å². The second-order valence-electron chi connectivity index (χ2n) is 2.56. The molecule has 3 heteroatoms. The summed E-state index contributed by atoms with van der Waals surface area (Å²) in [5, 5.41) is 9.68. The maximum atomic E-state index is 9.13. The lowest BCUT2D eigenvalue weighted by Gasteiger charge is -2.12. The number of phenolic OH excluding ortho intramolecular Hbond substituents is 1. The molecule has 1 aromatic carbocycles. The number of hydrogen-bond donors (Lipinski definition) is 1. The fourth-order valence-corrected chi connectivity index (χ4v) is 1.04. The molecule has 0 aliphatic heterocycles. The summed E-state index contributed by atoms with van der Waals surface area (Å²) in [7, 11) is 3.79. The quantitative estimate of drug-likeness (QED) is 0.700. The van der Waals surface area contributed by atoms with E-state index < -0.39 is 0 Å². The summed E-state index contributed by atoms with van der Waals surface area (Å²) in [5.41, 5.74) is 0.898. The highest BCUT2D eigenvalue weighted by atomic mass is 35.5. The van der Waals surface area contributed by atoms with E-state index in [0.29, 0.717) is 5.02 Å². The zero-order valence-corrected chi connectivity index (χ0v) is 7.26. The van der Waals surface area contributed by atoms with Gasteiger partial charge in [0.2, 0.25) is 0 Å². The van der Waals surface area contributed by atoms with Gasteiger partial charge < -0.3 is 10.0 Å². The zero-order valence-electron chi connectivity index (χ0n) is 6.50. The van der Waals surface area contributed by atoms with Crippen LogP contribution in [-0.4, -0.2) is 19.2 Å². The standard InChI is InChI=1S/C8H10ClNO/c1-10(2)7-3-6(9)4-8(11)5-7/h3-5,11H,1-2H3. The van der Waals surface area contributed by atoms with E-state index in [1.165, 1.54) is 6.07 Å². The summed E-state index contributed by atoms with van der Waals surface area (Å²) in [5.74, 6) is 0.196. The van der Waals surface area contributed by atoms with Gasteiger partial charge >= 0.3 is 0 Å². The highest BCUT2D eigenvalue weighted by molar-refractivity contribution is 6.31. The van der Waals surface area contributed by atoms with E-state index in [4.69, 9.17) is 16.7 Å². The first-order chi connectivity index (χ1) is 5.09. The minimum Gasteiger partial charge on any atom is -0.508 e. The molecule has 1 N–H and O–H groups in total. The Kier molecular flexibility index (Phi) is 2.25. The second-order valence-corrected chi connectivity index (χ2v) is 3.00. The lowest BCUT2D eigenvalue weighted by Crippen LogP contribution is -2.07. The minimum absolute atomic E-state index is 0.196. The molecule has 0 saturated carbocycles. The molecule has 0 saturated heterocycles. The molecule has 0 bridgehead atoms. The van der Waals surface area contributed by atoms with Crippen molar-refractivity contribution in [1.82, 2.24) is 0 Å². The predicted octanol–water partition coefficient (Wildman–Crippen LogP) is 2.11. The van der Waals surface area contributed by atoms with Gasteiger partial charge in [0, 0.05) is 30.9 Å². The van der Waals surface area contributed by atoms with Crippen LogP contribution in [-0.2, 0) is 0 Å². The molecular weight excluding hydrogens is 162 g/mol. The first-order valence-electron chi connectivity index (χ1n) is 3.26. The summed E-state index contributed by atoms with van der Waals surface area (Å²) in [6, 6.07) is 4.96. The third-order valence-electron chi connectivity index (χ3n) is 1.38. The van der Waals surface area contributed by atoms with Crippen LogP contribution in [0.1, 0.15) is 0 Å². The Morgan fingerprint density at radius 2 is 1.91 bits per heavy atom. The van der Waals surface area contributed by atoms with E-state index in [1.807, 2.05) is 19.0 Å². The molecule has 0 atom stereocenters. The van der Waals surface area contributed by atoms with Crippen molar-refractivity contribution in [3.8, 4) is 5.75 Å². The van der Waals surface area contributed by atoms with Gasteiger partial charge in [0.15, 0.2) is 0 Å². The molecule has 0 unspecified atom stereocenters. The highest BCUT2D eigenvalue weighted by Gasteiger charge is 1.98. The SMILES string of the molecule is CN(C)c1cc(O)cc(Cl)c1. The molecule has 0 aliphatic rings. The Morgan fingerprint density at radius 3 is 2.36 bits per heavy atom. The van der Waals surface area contributed by atoms with Crippen LogP contribution in [0.2, 0.25) is 5.02 Å². The lowest BCUT2D eigenvalue weighted by atomic mass is 10.3. The number of rotatable bonds is 1. The zero-order chi connectivity index (χ0) is 8.43. The molecule has 11 heavy (non-hydrogen) atoms. The van der Waals surface area contributed by atoms with Gasteiger partial charge in [0.1, 0.15) is 5.75 Å². The first-order valence-corrected chi connectivity index (χ1v) is 3.64. The van der Waals surface area contributed by atoms with Gasteiger partial charge in [-0.25, -0.2) is 0 Å². The van der Waals surface area contributed by atoms with E-state index in [9.17, 15) is 0 Å². The van der Waals surface area contributed by atoms with Crippen LogP contribution in [0.5, 0.6) is 5.75 Å². The number of aromatic hydroxyl groups is 1. The summed E-state index contributed by atoms with van der Waals surface area (Å²) in [4.78, 5) is 1.88. The van der Waals surface area contributed by atoms with Gasteiger partial charge in [0.05, 0.1) is 0 Å². The Morgan fingerprint density at radius 1 is 1.27 bits per heavy atom. The van der Waals surface area contributed by atoms with Gasteiger partial charge in [-0.1, -0.05) is 11.6 Å². The van der Waals surface area contributed by atoms with E-state index in [1.54, 1.807) is 12.1 Å². The van der Waals surface area contributed by atoms with E-state index >= 15 is 0 Å². The topological polar surface area (TPSA) is 23.5 Å². The number of anilines is 1. The average molecular weight is 172 g/mol. The molecule has 60 valence electrons. The van der Waals surface area contributed by atoms with Crippen molar-refractivity contribution in [2.24, 2.45) is 0 Å². The van der Waals surface area contributed by atoms with Crippen LogP contribution in [0.15, 0.2) is 18.2 Å². The fourth-order valence-electron chi connectivity index (χ4n) is 0.817. The third-order valence-corrected chi connectivity index (χ3v) is 1.60. The van der Waals surface area contributed by atoms with Gasteiger partial charge in [-0.15, -0.1) is 0 Å². The third kappa shape index (κ3) is 2.02. The Labute approximate surface area is 71.0 Å². The average Bonchev–Trinajstić information content (AvgIpc) is 1.85. The summed E-state index contributed by atoms with van der Waals surface area (Å²) in [6.45, 7) is 0. The Balaban J connectivity index is 3.08. The van der Waals surface area contributed by atoms with Crippen molar-refractivity contribution >= 4 is 17.3 Å². The fraction of sp³-hybridized carbons (Fsp3) is 0.250. The molecule has 0 fully saturated rings. The van der Waals surface area contributed by atoms with Gasteiger partial charge in [-0.2, -0.15) is 0 Å². The number of phenols is 1. The molecule has 2 nitrogen and oxygen atoms in total. The summed E-state index contributed by atoms with van der Waals surface area (Å²) >= 11 is 5.71. The van der Waals surface area contributed by atoms with E-state index in [-0.39, 0.29) is 5.75 Å². The molecule has 0 radical (unpaired) electrons. The van der Waals surface area contributed by atoms with Crippen molar-refractivity contribution in [2.75, 3.05) is 19.0 Å². The minimum atomic E-state index is 0.196. The predicted molar refractivity (Wildman–Crippen MR) is 47.4 cm³/mol. The summed E-state index contributed by atoms with van der Waals surface area (Å²) < 4.78 is 0. The Hall–Kier alpha value is -0.890. The van der Waals surface area contributed by atoms with Crippen molar-refractivity contribution in [3.05, 3.63) is 23.2 Å². The Bertz CT molecular complexity index is 240. The molecule has 0 aliphatic carbocycles. The van der Waals surface area contributed by atoms with Crippen molar-refractivity contribution in [3.63, 3.8) is 0 Å². The normalized spacial score (nSPS) is 9.73.